The van der Waals surface area contributed by atoms with Crippen molar-refractivity contribution in [3.8, 4) is 0 Å². The molecule has 17 heavy (non-hydrogen) atoms. The van der Waals surface area contributed by atoms with Gasteiger partial charge in [-0.1, -0.05) is 37.3 Å². The zero-order valence-corrected chi connectivity index (χ0v) is 10.6. The summed E-state index contributed by atoms with van der Waals surface area (Å²) >= 11 is 0. The minimum absolute atomic E-state index is 0.150. The van der Waals surface area contributed by atoms with Crippen LogP contribution in [0.25, 0.3) is 6.08 Å². The van der Waals surface area contributed by atoms with Gasteiger partial charge in [-0.05, 0) is 25.0 Å². The van der Waals surface area contributed by atoms with Crippen molar-refractivity contribution >= 4 is 12.0 Å². The summed E-state index contributed by atoms with van der Waals surface area (Å²) in [6.07, 6.45) is 2.63. The molecule has 1 aromatic rings. The van der Waals surface area contributed by atoms with Gasteiger partial charge in [0, 0.05) is 6.04 Å². The van der Waals surface area contributed by atoms with Gasteiger partial charge in [-0.15, -0.1) is 0 Å². The molecule has 0 aliphatic heterocycles. The normalized spacial score (nSPS) is 13.0. The van der Waals surface area contributed by atoms with E-state index in [1.165, 1.54) is 7.11 Å². The van der Waals surface area contributed by atoms with Crippen molar-refractivity contribution in [2.75, 3.05) is 7.11 Å². The second kappa shape index (κ2) is 6.74. The first-order valence-electron chi connectivity index (χ1n) is 5.79. The van der Waals surface area contributed by atoms with Gasteiger partial charge in [0.2, 0.25) is 0 Å². The molecule has 92 valence electrons. The Bertz CT molecular complexity index is 384. The van der Waals surface area contributed by atoms with Crippen LogP contribution in [0.1, 0.15) is 25.8 Å². The highest BCUT2D eigenvalue weighted by Crippen LogP contribution is 2.07. The first-order chi connectivity index (χ1) is 8.17. The Balaban J connectivity index is 2.77. The first kappa shape index (κ1) is 13.3. The minimum Gasteiger partial charge on any atom is -0.491 e. The highest BCUT2D eigenvalue weighted by atomic mass is 16.5. The molecule has 1 rings (SSSR count). The van der Waals surface area contributed by atoms with E-state index in [9.17, 15) is 4.79 Å². The van der Waals surface area contributed by atoms with Gasteiger partial charge in [-0.3, -0.25) is 4.79 Å². The lowest BCUT2D eigenvalue weighted by molar-refractivity contribution is -0.120. The van der Waals surface area contributed by atoms with Crippen LogP contribution in [0, 0.1) is 0 Å². The molecule has 0 spiro atoms. The number of benzene rings is 1. The molecule has 1 amide bonds. The highest BCUT2D eigenvalue weighted by molar-refractivity contribution is 5.95. The lowest BCUT2D eigenvalue weighted by atomic mass is 10.2. The predicted octanol–water partition coefficient (Wildman–Crippen LogP) is 2.59. The number of nitrogens with one attached hydrogen (secondary N) is 1. The Morgan fingerprint density at radius 1 is 1.41 bits per heavy atom. The maximum atomic E-state index is 11.8. The van der Waals surface area contributed by atoms with Crippen molar-refractivity contribution in [3.63, 3.8) is 0 Å². The quantitative estimate of drug-likeness (QED) is 0.627. The molecule has 3 nitrogen and oxygen atoms in total. The van der Waals surface area contributed by atoms with Gasteiger partial charge in [0.1, 0.15) is 0 Å². The van der Waals surface area contributed by atoms with Crippen molar-refractivity contribution in [3.05, 3.63) is 41.7 Å². The highest BCUT2D eigenvalue weighted by Gasteiger charge is 2.11. The summed E-state index contributed by atoms with van der Waals surface area (Å²) in [6.45, 7) is 3.99. The van der Waals surface area contributed by atoms with E-state index in [1.807, 2.05) is 44.2 Å². The van der Waals surface area contributed by atoms with Crippen LogP contribution in [0.4, 0.5) is 0 Å². The van der Waals surface area contributed by atoms with Crippen LogP contribution >= 0.6 is 0 Å². The number of amides is 1. The van der Waals surface area contributed by atoms with Crippen molar-refractivity contribution in [2.24, 2.45) is 0 Å². The maximum absolute atomic E-state index is 11.8. The van der Waals surface area contributed by atoms with Crippen molar-refractivity contribution in [2.45, 2.75) is 26.3 Å². The third-order valence-corrected chi connectivity index (χ3v) is 2.53. The van der Waals surface area contributed by atoms with Crippen LogP contribution in [0.3, 0.4) is 0 Å². The average molecular weight is 233 g/mol. The van der Waals surface area contributed by atoms with Crippen LogP contribution in [0.2, 0.25) is 0 Å². The number of carbonyl (C=O) groups is 1. The van der Waals surface area contributed by atoms with E-state index >= 15 is 0 Å². The molecule has 1 N–H and O–H groups in total. The average Bonchev–Trinajstić information content (AvgIpc) is 2.36. The zero-order chi connectivity index (χ0) is 12.7. The first-order valence-corrected chi connectivity index (χ1v) is 5.79. The van der Waals surface area contributed by atoms with Gasteiger partial charge in [-0.2, -0.15) is 0 Å². The Hall–Kier alpha value is -1.77. The van der Waals surface area contributed by atoms with Crippen LogP contribution < -0.4 is 5.32 Å². The van der Waals surface area contributed by atoms with Crippen LogP contribution in [0.15, 0.2) is 36.1 Å². The summed E-state index contributed by atoms with van der Waals surface area (Å²) in [5.41, 5.74) is 0.948. The number of hydrogen-bond donors (Lipinski definition) is 1. The fourth-order valence-electron chi connectivity index (χ4n) is 1.31. The van der Waals surface area contributed by atoms with E-state index in [-0.39, 0.29) is 11.9 Å². The third kappa shape index (κ3) is 4.31. The molecule has 3 heteroatoms. The Kier molecular flexibility index (Phi) is 5.27. The second-order valence-corrected chi connectivity index (χ2v) is 3.91. The standard InChI is InChI=1S/C14H19NO2/c1-4-11(2)15-14(16)13(17-3)10-12-8-6-5-7-9-12/h5-11H,4H2,1-3H3,(H,15,16)/b13-10-. The summed E-state index contributed by atoms with van der Waals surface area (Å²) in [5.74, 6) is 0.155. The minimum atomic E-state index is -0.175. The molecule has 0 radical (unpaired) electrons. The van der Waals surface area contributed by atoms with Gasteiger partial charge < -0.3 is 10.1 Å². The van der Waals surface area contributed by atoms with Crippen LogP contribution in [-0.2, 0) is 9.53 Å². The lowest BCUT2D eigenvalue weighted by Crippen LogP contribution is -2.33. The van der Waals surface area contributed by atoms with Gasteiger partial charge in [0.05, 0.1) is 7.11 Å². The topological polar surface area (TPSA) is 38.3 Å². The molecular weight excluding hydrogens is 214 g/mol. The molecule has 0 saturated heterocycles. The van der Waals surface area contributed by atoms with E-state index in [0.717, 1.165) is 12.0 Å². The Morgan fingerprint density at radius 3 is 2.59 bits per heavy atom. The molecule has 0 heterocycles. The van der Waals surface area contributed by atoms with Gasteiger partial charge >= 0.3 is 0 Å². The monoisotopic (exact) mass is 233 g/mol. The summed E-state index contributed by atoms with van der Waals surface area (Å²) in [6, 6.07) is 9.78. The molecule has 0 fully saturated rings. The lowest BCUT2D eigenvalue weighted by Gasteiger charge is -2.12. The number of carbonyl (C=O) groups excluding carboxylic acids is 1. The number of rotatable bonds is 5. The number of methoxy groups -OCH3 is 1. The molecular formula is C14H19NO2. The van der Waals surface area contributed by atoms with Gasteiger partial charge in [0.25, 0.3) is 5.91 Å². The molecule has 1 atom stereocenters. The molecule has 0 aromatic heterocycles. The fraction of sp³-hybridized carbons (Fsp3) is 0.357. The van der Waals surface area contributed by atoms with Gasteiger partial charge in [0.15, 0.2) is 5.76 Å². The molecule has 0 bridgehead atoms. The van der Waals surface area contributed by atoms with Crippen molar-refractivity contribution in [1.29, 1.82) is 0 Å². The summed E-state index contributed by atoms with van der Waals surface area (Å²) in [5, 5.41) is 2.87. The molecule has 0 aliphatic rings. The largest absolute Gasteiger partial charge is 0.491 e. The number of ether oxygens (including phenoxy) is 1. The molecule has 1 aromatic carbocycles. The summed E-state index contributed by atoms with van der Waals surface area (Å²) < 4.78 is 5.11. The zero-order valence-electron chi connectivity index (χ0n) is 10.6. The Labute approximate surface area is 102 Å². The van der Waals surface area contributed by atoms with Crippen molar-refractivity contribution < 1.29 is 9.53 Å². The van der Waals surface area contributed by atoms with Crippen LogP contribution in [-0.4, -0.2) is 19.1 Å². The SMILES string of the molecule is CCC(C)NC(=O)/C(=C/c1ccccc1)OC. The van der Waals surface area contributed by atoms with Crippen molar-refractivity contribution in [1.82, 2.24) is 5.32 Å². The van der Waals surface area contributed by atoms with Gasteiger partial charge in [-0.25, -0.2) is 0 Å². The van der Waals surface area contributed by atoms with E-state index in [1.54, 1.807) is 6.08 Å². The summed E-state index contributed by atoms with van der Waals surface area (Å²) in [7, 11) is 1.50. The fourth-order valence-corrected chi connectivity index (χ4v) is 1.31. The molecule has 1 unspecified atom stereocenters. The predicted molar refractivity (Wildman–Crippen MR) is 69.3 cm³/mol. The van der Waals surface area contributed by atoms with E-state index < -0.39 is 0 Å². The molecule has 0 saturated carbocycles. The van der Waals surface area contributed by atoms with E-state index in [4.69, 9.17) is 4.74 Å². The van der Waals surface area contributed by atoms with Crippen LogP contribution in [0.5, 0.6) is 0 Å². The summed E-state index contributed by atoms with van der Waals surface area (Å²) in [4.78, 5) is 11.8. The number of hydrogen-bond acceptors (Lipinski definition) is 2. The third-order valence-electron chi connectivity index (χ3n) is 2.53. The smallest absolute Gasteiger partial charge is 0.286 e. The maximum Gasteiger partial charge on any atom is 0.286 e. The second-order valence-electron chi connectivity index (χ2n) is 3.91. The molecule has 0 aliphatic carbocycles. The Morgan fingerprint density at radius 2 is 2.06 bits per heavy atom. The van der Waals surface area contributed by atoms with E-state index in [2.05, 4.69) is 5.32 Å². The van der Waals surface area contributed by atoms with E-state index in [0.29, 0.717) is 5.76 Å².